The first-order valence-corrected chi connectivity index (χ1v) is 19.7. The van der Waals surface area contributed by atoms with Crippen LogP contribution in [0.2, 0.25) is 0 Å². The van der Waals surface area contributed by atoms with Gasteiger partial charge in [0.1, 0.15) is 11.2 Å². The highest BCUT2D eigenvalue weighted by atomic mass is 32.1. The predicted molar refractivity (Wildman–Crippen MR) is 231 cm³/mol. The smallest absolute Gasteiger partial charge is 0.238 e. The zero-order valence-electron chi connectivity index (χ0n) is 29.3. The van der Waals surface area contributed by atoms with Crippen molar-refractivity contribution in [3.8, 4) is 28.7 Å². The molecule has 0 bridgehead atoms. The summed E-state index contributed by atoms with van der Waals surface area (Å²) in [6.45, 7) is 0. The van der Waals surface area contributed by atoms with E-state index in [9.17, 15) is 0 Å². The van der Waals surface area contributed by atoms with Crippen LogP contribution < -0.4 is 0 Å². The maximum atomic E-state index is 6.58. The predicted octanol–water partition coefficient (Wildman–Crippen LogP) is 13.2. The standard InChI is InChI=1S/C49H23N5OS/c1-2-10-25-24(8-1)9-5-15-32(25)47-50-48(33-16-7-14-31-26-11-3-4-17-36(26)55-46(31)33)52-49(51-47)53-34-21-23-37-41-39(34)40-35(53)20-18-29-27-12-6-13-28-30-19-22-38(56-37)42(41)45(30)54(43(27)28)44(29)40/h1-23H. The summed E-state index contributed by atoms with van der Waals surface area (Å²) in [4.78, 5) is 16.1. The fraction of sp³-hybridized carbons (Fsp3) is 0. The maximum absolute atomic E-state index is 6.58. The van der Waals surface area contributed by atoms with Gasteiger partial charge in [0.15, 0.2) is 11.6 Å². The van der Waals surface area contributed by atoms with Crippen LogP contribution in [-0.2, 0) is 0 Å². The molecule has 0 unspecified atom stereocenters. The summed E-state index contributed by atoms with van der Waals surface area (Å²) in [7, 11) is 0. The van der Waals surface area contributed by atoms with Crippen molar-refractivity contribution in [2.75, 3.05) is 0 Å². The molecule has 56 heavy (non-hydrogen) atoms. The number of rotatable bonds is 3. The van der Waals surface area contributed by atoms with Gasteiger partial charge in [-0.3, -0.25) is 4.57 Å². The third kappa shape index (κ3) is 3.15. The van der Waals surface area contributed by atoms with Gasteiger partial charge in [-0.05, 0) is 47.2 Å². The number of furan rings is 1. The minimum Gasteiger partial charge on any atom is -0.455 e. The average Bonchev–Trinajstić information content (AvgIpc) is 4.03. The van der Waals surface area contributed by atoms with E-state index in [0.29, 0.717) is 17.6 Å². The molecule has 0 radical (unpaired) electrons. The van der Waals surface area contributed by atoms with Gasteiger partial charge in [-0.25, -0.2) is 4.98 Å². The van der Waals surface area contributed by atoms with Crippen LogP contribution in [0.3, 0.4) is 0 Å². The third-order valence-electron chi connectivity index (χ3n) is 12.4. The zero-order valence-corrected chi connectivity index (χ0v) is 30.1. The Morgan fingerprint density at radius 2 is 1.04 bits per heavy atom. The summed E-state index contributed by atoms with van der Waals surface area (Å²) in [5.74, 6) is 1.75. The number of thiophene rings is 1. The molecular formula is C49H23N5OS. The average molecular weight is 730 g/mol. The molecule has 15 rings (SSSR count). The van der Waals surface area contributed by atoms with E-state index < -0.39 is 0 Å². The number of fused-ring (bicyclic) bond motifs is 6. The highest BCUT2D eigenvalue weighted by Gasteiger charge is 2.30. The molecule has 0 amide bonds. The van der Waals surface area contributed by atoms with Crippen molar-refractivity contribution in [1.29, 1.82) is 0 Å². The molecule has 0 aliphatic carbocycles. The molecular weight excluding hydrogens is 707 g/mol. The van der Waals surface area contributed by atoms with E-state index in [4.69, 9.17) is 19.4 Å². The second-order valence-corrected chi connectivity index (χ2v) is 16.2. The van der Waals surface area contributed by atoms with Gasteiger partial charge < -0.3 is 8.82 Å². The molecule has 0 saturated heterocycles. The van der Waals surface area contributed by atoms with Gasteiger partial charge in [0.25, 0.3) is 0 Å². The van der Waals surface area contributed by atoms with Crippen LogP contribution in [0.1, 0.15) is 0 Å². The minimum atomic E-state index is 0.566. The molecule has 0 aliphatic rings. The Balaban J connectivity index is 1.13. The molecule has 0 saturated carbocycles. The van der Waals surface area contributed by atoms with Gasteiger partial charge >= 0.3 is 0 Å². The minimum absolute atomic E-state index is 0.566. The number of para-hydroxylation sites is 3. The van der Waals surface area contributed by atoms with Gasteiger partial charge in [-0.15, -0.1) is 11.3 Å². The normalized spacial score (nSPS) is 13.0. The van der Waals surface area contributed by atoms with Crippen LogP contribution >= 0.6 is 11.3 Å². The molecule has 0 atom stereocenters. The Hall–Kier alpha value is -7.35. The van der Waals surface area contributed by atoms with Crippen molar-refractivity contribution < 1.29 is 4.42 Å². The molecule has 7 heteroatoms. The largest absolute Gasteiger partial charge is 0.455 e. The lowest BCUT2D eigenvalue weighted by molar-refractivity contribution is 0.669. The van der Waals surface area contributed by atoms with Gasteiger partial charge in [-0.2, -0.15) is 9.97 Å². The lowest BCUT2D eigenvalue weighted by Gasteiger charge is -2.12. The highest BCUT2D eigenvalue weighted by molar-refractivity contribution is 7.26. The number of hydrogen-bond acceptors (Lipinski definition) is 5. The second-order valence-electron chi connectivity index (χ2n) is 15.1. The molecule has 0 spiro atoms. The molecule has 0 N–H and O–H groups in total. The Morgan fingerprint density at radius 3 is 1.95 bits per heavy atom. The van der Waals surface area contributed by atoms with Gasteiger partial charge in [0.2, 0.25) is 5.95 Å². The molecule has 6 nitrogen and oxygen atoms in total. The summed E-state index contributed by atoms with van der Waals surface area (Å²) in [5, 5.41) is 14.6. The third-order valence-corrected chi connectivity index (χ3v) is 13.5. The molecule has 15 aromatic rings. The van der Waals surface area contributed by atoms with Crippen LogP contribution in [0.15, 0.2) is 144 Å². The van der Waals surface area contributed by atoms with E-state index in [1.807, 2.05) is 23.5 Å². The summed E-state index contributed by atoms with van der Waals surface area (Å²) in [6.07, 6.45) is 0. The molecule has 8 aromatic carbocycles. The zero-order chi connectivity index (χ0) is 36.0. The fourth-order valence-corrected chi connectivity index (χ4v) is 11.3. The summed E-state index contributed by atoms with van der Waals surface area (Å²) < 4.78 is 14.0. The van der Waals surface area contributed by atoms with Crippen LogP contribution in [0.25, 0.3) is 142 Å². The van der Waals surface area contributed by atoms with Gasteiger partial charge in [-0.1, -0.05) is 103 Å². The highest BCUT2D eigenvalue weighted by Crippen LogP contribution is 2.53. The van der Waals surface area contributed by atoms with Gasteiger partial charge in [0, 0.05) is 68.8 Å². The molecule has 7 heterocycles. The first-order valence-electron chi connectivity index (χ1n) is 18.9. The Kier molecular flexibility index (Phi) is 4.76. The first-order chi connectivity index (χ1) is 27.8. The molecule has 0 fully saturated rings. The van der Waals surface area contributed by atoms with E-state index in [1.165, 1.54) is 69.0 Å². The van der Waals surface area contributed by atoms with Crippen LogP contribution in [0, 0.1) is 0 Å². The fourth-order valence-electron chi connectivity index (χ4n) is 10.2. The van der Waals surface area contributed by atoms with E-state index in [1.54, 1.807) is 0 Å². The van der Waals surface area contributed by atoms with Crippen molar-refractivity contribution in [2.24, 2.45) is 0 Å². The van der Waals surface area contributed by atoms with Crippen molar-refractivity contribution in [3.05, 3.63) is 140 Å². The van der Waals surface area contributed by atoms with E-state index in [2.05, 4.69) is 136 Å². The van der Waals surface area contributed by atoms with E-state index in [0.717, 1.165) is 54.9 Å². The Labute approximate surface area is 319 Å². The Bertz CT molecular complexity index is 4120. The van der Waals surface area contributed by atoms with Crippen LogP contribution in [0.4, 0.5) is 0 Å². The van der Waals surface area contributed by atoms with Crippen LogP contribution in [-0.4, -0.2) is 23.9 Å². The van der Waals surface area contributed by atoms with Gasteiger partial charge in [0.05, 0.1) is 33.1 Å². The second kappa shape index (κ2) is 9.47. The molecule has 0 aliphatic heterocycles. The number of nitrogens with zero attached hydrogens (tertiary/aromatic N) is 5. The topological polar surface area (TPSA) is 61.2 Å². The summed E-state index contributed by atoms with van der Waals surface area (Å²) in [5.41, 5.74) is 9.41. The van der Waals surface area contributed by atoms with E-state index in [-0.39, 0.29) is 0 Å². The van der Waals surface area contributed by atoms with Crippen molar-refractivity contribution in [1.82, 2.24) is 23.9 Å². The maximum Gasteiger partial charge on any atom is 0.238 e. The molecule has 256 valence electrons. The van der Waals surface area contributed by atoms with E-state index >= 15 is 0 Å². The number of benzene rings is 8. The molecule has 7 aromatic heterocycles. The lowest BCUT2D eigenvalue weighted by atomic mass is 10.0. The summed E-state index contributed by atoms with van der Waals surface area (Å²) in [6, 6.07) is 49.8. The lowest BCUT2D eigenvalue weighted by Crippen LogP contribution is -2.06. The monoisotopic (exact) mass is 729 g/mol. The summed E-state index contributed by atoms with van der Waals surface area (Å²) >= 11 is 1.88. The van der Waals surface area contributed by atoms with Crippen LogP contribution in [0.5, 0.6) is 0 Å². The Morgan fingerprint density at radius 1 is 0.429 bits per heavy atom. The number of aromatic nitrogens is 5. The quantitative estimate of drug-likeness (QED) is 0.182. The SMILES string of the molecule is c1ccc2c(-c3nc(-c4cccc5c4oc4ccccc45)nc(-n4c5ccc6sc7ccc8c9cccc%10c%11ccc4c4c5c6c7c8n(c9%10)c%114)n3)cccc2c1. The number of hydrogen-bond donors (Lipinski definition) is 0. The van der Waals surface area contributed by atoms with Crippen molar-refractivity contribution in [2.45, 2.75) is 0 Å². The van der Waals surface area contributed by atoms with Crippen molar-refractivity contribution in [3.63, 3.8) is 0 Å². The first kappa shape index (κ1) is 28.1. The van der Waals surface area contributed by atoms with Crippen molar-refractivity contribution >= 4 is 124 Å².